The first kappa shape index (κ1) is 34.8. The molecule has 0 aliphatic carbocycles. The molecular weight excluding hydrogens is 701 g/mol. The van der Waals surface area contributed by atoms with Crippen LogP contribution < -0.4 is 9.80 Å². The molecule has 10 rings (SSSR count). The highest BCUT2D eigenvalue weighted by Gasteiger charge is 2.15. The average Bonchev–Trinajstić information content (AvgIpc) is 3.30. The molecule has 0 unspecified atom stereocenters. The molecule has 0 bridgehead atoms. The zero-order valence-electron chi connectivity index (χ0n) is 32.0. The van der Waals surface area contributed by atoms with Gasteiger partial charge >= 0.3 is 0 Å². The van der Waals surface area contributed by atoms with E-state index in [1.54, 1.807) is 0 Å². The highest BCUT2D eigenvalue weighted by Crippen LogP contribution is 2.40. The number of benzene rings is 10. The van der Waals surface area contributed by atoms with E-state index in [4.69, 9.17) is 0 Å². The van der Waals surface area contributed by atoms with Gasteiger partial charge in [-0.1, -0.05) is 164 Å². The van der Waals surface area contributed by atoms with Crippen molar-refractivity contribution in [3.8, 4) is 33.4 Å². The molecule has 0 atom stereocenters. The molecule has 10 aromatic carbocycles. The van der Waals surface area contributed by atoms with Gasteiger partial charge in [0.15, 0.2) is 0 Å². The lowest BCUT2D eigenvalue weighted by Crippen LogP contribution is -2.09. The van der Waals surface area contributed by atoms with Gasteiger partial charge in [-0.3, -0.25) is 0 Å². The normalized spacial score (nSPS) is 11.1. The maximum Gasteiger partial charge on any atom is 0.0462 e. The number of fused-ring (bicyclic) bond motifs is 2. The lowest BCUT2D eigenvalue weighted by atomic mass is 9.95. The number of nitrogens with zero attached hydrogens (tertiary/aromatic N) is 2. The minimum atomic E-state index is 1.11. The zero-order chi connectivity index (χ0) is 38.7. The molecule has 0 spiro atoms. The summed E-state index contributed by atoms with van der Waals surface area (Å²) in [5.74, 6) is 0. The van der Waals surface area contributed by atoms with E-state index in [0.717, 1.165) is 34.1 Å². The summed E-state index contributed by atoms with van der Waals surface area (Å²) in [4.78, 5) is 4.63. The van der Waals surface area contributed by atoms with E-state index in [0.29, 0.717) is 0 Å². The molecule has 10 aromatic rings. The Kier molecular flexibility index (Phi) is 9.27. The largest absolute Gasteiger partial charge is 0.311 e. The molecule has 0 amide bonds. The summed E-state index contributed by atoms with van der Waals surface area (Å²) in [5, 5.41) is 4.97. The van der Waals surface area contributed by atoms with Gasteiger partial charge in [-0.15, -0.1) is 0 Å². The zero-order valence-corrected chi connectivity index (χ0v) is 32.0. The Balaban J connectivity index is 0.940. The average molecular weight is 741 g/mol. The van der Waals surface area contributed by atoms with Crippen LogP contribution in [0.25, 0.3) is 54.9 Å². The van der Waals surface area contributed by atoms with Gasteiger partial charge in [-0.2, -0.15) is 0 Å². The van der Waals surface area contributed by atoms with E-state index in [1.165, 1.54) is 54.9 Å². The van der Waals surface area contributed by atoms with E-state index < -0.39 is 0 Å². The number of para-hydroxylation sites is 3. The van der Waals surface area contributed by atoms with E-state index in [1.807, 2.05) is 0 Å². The van der Waals surface area contributed by atoms with Gasteiger partial charge in [-0.25, -0.2) is 0 Å². The molecule has 0 aliphatic heterocycles. The second kappa shape index (κ2) is 15.5. The van der Waals surface area contributed by atoms with Crippen molar-refractivity contribution in [1.82, 2.24) is 0 Å². The van der Waals surface area contributed by atoms with E-state index >= 15 is 0 Å². The third-order valence-corrected chi connectivity index (χ3v) is 11.0. The molecule has 0 radical (unpaired) electrons. The second-order valence-electron chi connectivity index (χ2n) is 14.6. The molecule has 0 saturated heterocycles. The first-order chi connectivity index (χ1) is 28.8. The predicted octanol–water partition coefficient (Wildman–Crippen LogP) is 15.9. The second-order valence-corrected chi connectivity index (χ2v) is 14.6. The van der Waals surface area contributed by atoms with Gasteiger partial charge in [-0.05, 0) is 134 Å². The summed E-state index contributed by atoms with van der Waals surface area (Å²) in [6.45, 7) is 0. The van der Waals surface area contributed by atoms with Gasteiger partial charge in [0.2, 0.25) is 0 Å². The topological polar surface area (TPSA) is 6.48 Å². The van der Waals surface area contributed by atoms with Crippen molar-refractivity contribution in [3.05, 3.63) is 243 Å². The van der Waals surface area contributed by atoms with Gasteiger partial charge < -0.3 is 9.80 Å². The molecule has 0 saturated carbocycles. The maximum atomic E-state index is 2.33. The van der Waals surface area contributed by atoms with Gasteiger partial charge in [0.25, 0.3) is 0 Å². The van der Waals surface area contributed by atoms with Crippen LogP contribution in [-0.2, 0) is 0 Å². The molecule has 0 fully saturated rings. The fourth-order valence-corrected chi connectivity index (χ4v) is 8.20. The first-order valence-electron chi connectivity index (χ1n) is 19.8. The fourth-order valence-electron chi connectivity index (χ4n) is 8.20. The molecule has 0 aromatic heterocycles. The summed E-state index contributed by atoms with van der Waals surface area (Å²) in [5.41, 5.74) is 14.0. The number of anilines is 6. The van der Waals surface area contributed by atoms with Crippen LogP contribution in [0.3, 0.4) is 0 Å². The third kappa shape index (κ3) is 6.78. The molecular formula is C56H40N2. The Bertz CT molecular complexity index is 2910. The van der Waals surface area contributed by atoms with Crippen LogP contribution >= 0.6 is 0 Å². The summed E-state index contributed by atoms with van der Waals surface area (Å²) in [6.07, 6.45) is 0. The molecule has 0 aliphatic rings. The van der Waals surface area contributed by atoms with Gasteiger partial charge in [0, 0.05) is 34.1 Å². The van der Waals surface area contributed by atoms with Crippen molar-refractivity contribution in [2.24, 2.45) is 0 Å². The van der Waals surface area contributed by atoms with Crippen LogP contribution in [0.4, 0.5) is 34.1 Å². The molecule has 274 valence electrons. The Labute approximate surface area is 340 Å². The molecule has 58 heavy (non-hydrogen) atoms. The van der Waals surface area contributed by atoms with E-state index in [-0.39, 0.29) is 0 Å². The van der Waals surface area contributed by atoms with Gasteiger partial charge in [0.1, 0.15) is 0 Å². The molecule has 2 heteroatoms. The Morgan fingerprint density at radius 1 is 0.207 bits per heavy atom. The van der Waals surface area contributed by atoms with Crippen molar-refractivity contribution >= 4 is 55.7 Å². The first-order valence-corrected chi connectivity index (χ1v) is 19.8. The van der Waals surface area contributed by atoms with Crippen molar-refractivity contribution in [1.29, 1.82) is 0 Å². The van der Waals surface area contributed by atoms with Crippen LogP contribution in [0.2, 0.25) is 0 Å². The van der Waals surface area contributed by atoms with Crippen LogP contribution in [-0.4, -0.2) is 0 Å². The van der Waals surface area contributed by atoms with Gasteiger partial charge in [0.05, 0.1) is 0 Å². The van der Waals surface area contributed by atoms with Crippen LogP contribution in [0.5, 0.6) is 0 Å². The predicted molar refractivity (Wildman–Crippen MR) is 247 cm³/mol. The van der Waals surface area contributed by atoms with Crippen LogP contribution in [0, 0.1) is 0 Å². The Morgan fingerprint density at radius 2 is 0.552 bits per heavy atom. The van der Waals surface area contributed by atoms with Crippen molar-refractivity contribution in [2.75, 3.05) is 9.80 Å². The van der Waals surface area contributed by atoms with Crippen molar-refractivity contribution < 1.29 is 0 Å². The Hall–Kier alpha value is -7.68. The highest BCUT2D eigenvalue weighted by molar-refractivity contribution is 6.00. The fraction of sp³-hybridized carbons (Fsp3) is 0. The minimum Gasteiger partial charge on any atom is -0.311 e. The highest BCUT2D eigenvalue weighted by atomic mass is 15.1. The third-order valence-electron chi connectivity index (χ3n) is 11.0. The Morgan fingerprint density at radius 3 is 1.03 bits per heavy atom. The summed E-state index contributed by atoms with van der Waals surface area (Å²) in [6, 6.07) is 87.1. The summed E-state index contributed by atoms with van der Waals surface area (Å²) < 4.78 is 0. The maximum absolute atomic E-state index is 2.33. The summed E-state index contributed by atoms with van der Waals surface area (Å²) >= 11 is 0. The smallest absolute Gasteiger partial charge is 0.0462 e. The van der Waals surface area contributed by atoms with Crippen molar-refractivity contribution in [3.63, 3.8) is 0 Å². The standard InChI is InChI=1S/C56H40N2/c1-4-17-47(18-5-1)57(48-19-6-2-7-20-48)50-33-26-41(27-34-50)45-32-39-56-46(40-45)16-13-25-55(56)44-30-37-52(38-31-44)58(49-21-8-3-9-22-49)51-35-28-43(29-36-51)54-24-12-15-42-14-10-11-23-53(42)54/h1-40H. The van der Waals surface area contributed by atoms with Crippen LogP contribution in [0.15, 0.2) is 243 Å². The lowest BCUT2D eigenvalue weighted by Gasteiger charge is -2.26. The van der Waals surface area contributed by atoms with Crippen molar-refractivity contribution in [2.45, 2.75) is 0 Å². The monoisotopic (exact) mass is 740 g/mol. The number of rotatable bonds is 9. The minimum absolute atomic E-state index is 1.11. The molecule has 2 nitrogen and oxygen atoms in total. The van der Waals surface area contributed by atoms with E-state index in [2.05, 4.69) is 252 Å². The SMILES string of the molecule is c1ccc(N(c2ccccc2)c2ccc(-c3ccc4c(-c5ccc(N(c6ccccc6)c6ccc(-c7cccc8ccccc78)cc6)cc5)cccc4c3)cc2)cc1. The van der Waals surface area contributed by atoms with E-state index in [9.17, 15) is 0 Å². The summed E-state index contributed by atoms with van der Waals surface area (Å²) in [7, 11) is 0. The quantitative estimate of drug-likeness (QED) is 0.145. The van der Waals surface area contributed by atoms with Crippen LogP contribution in [0.1, 0.15) is 0 Å². The lowest BCUT2D eigenvalue weighted by molar-refractivity contribution is 1.28. The number of hydrogen-bond acceptors (Lipinski definition) is 2. The molecule has 0 heterocycles. The molecule has 0 N–H and O–H groups in total. The number of hydrogen-bond donors (Lipinski definition) is 0.